The lowest BCUT2D eigenvalue weighted by atomic mass is 10.2. The first-order valence-corrected chi connectivity index (χ1v) is 9.54. The highest BCUT2D eigenvalue weighted by atomic mass is 32.2. The van der Waals surface area contributed by atoms with Crippen molar-refractivity contribution in [1.29, 1.82) is 0 Å². The maximum Gasteiger partial charge on any atom is 0.236 e. The predicted octanol–water partition coefficient (Wildman–Crippen LogP) is 3.01. The second-order valence-electron chi connectivity index (χ2n) is 5.46. The Hall–Kier alpha value is -2.72. The van der Waals surface area contributed by atoms with Crippen molar-refractivity contribution >= 4 is 56.2 Å². The van der Waals surface area contributed by atoms with Crippen LogP contribution in [0.15, 0.2) is 28.7 Å². The first-order valence-electron chi connectivity index (χ1n) is 7.67. The fourth-order valence-electron chi connectivity index (χ4n) is 2.42. The minimum atomic E-state index is -0.158. The van der Waals surface area contributed by atoms with Crippen LogP contribution >= 0.6 is 23.1 Å². The van der Waals surface area contributed by atoms with Crippen LogP contribution in [-0.2, 0) is 4.79 Å². The number of nitrogens with one attached hydrogen (secondary N) is 2. The molecule has 0 bridgehead atoms. The van der Waals surface area contributed by atoms with Crippen LogP contribution in [0.2, 0.25) is 0 Å². The number of methoxy groups -OCH3 is 1. The summed E-state index contributed by atoms with van der Waals surface area (Å²) in [6, 6.07) is 5.67. The number of nitrogens with zero attached hydrogens (tertiary/aromatic N) is 4. The third-order valence-electron chi connectivity index (χ3n) is 3.60. The number of benzene rings is 1. The van der Waals surface area contributed by atoms with Gasteiger partial charge in [-0.2, -0.15) is 0 Å². The van der Waals surface area contributed by atoms with Gasteiger partial charge in [0.05, 0.1) is 18.6 Å². The summed E-state index contributed by atoms with van der Waals surface area (Å²) < 4.78 is 5.24. The summed E-state index contributed by atoms with van der Waals surface area (Å²) in [7, 11) is 1.62. The molecule has 0 saturated carbocycles. The molecule has 0 aliphatic rings. The number of carbonyl (C=O) groups excluding carboxylic acids is 1. The summed E-state index contributed by atoms with van der Waals surface area (Å²) in [5.41, 5.74) is 3.08. The molecule has 26 heavy (non-hydrogen) atoms. The molecule has 2 N–H and O–H groups in total. The van der Waals surface area contributed by atoms with Gasteiger partial charge in [0.25, 0.3) is 0 Å². The highest BCUT2D eigenvalue weighted by Gasteiger charge is 2.12. The molecular formula is C16H14N6O2S2. The lowest BCUT2D eigenvalue weighted by Crippen LogP contribution is -2.14. The molecule has 0 saturated heterocycles. The van der Waals surface area contributed by atoms with Gasteiger partial charge in [0, 0.05) is 16.3 Å². The SMILES string of the molecule is COc1ccc2[nH]c3nc(SCC(=O)Nc4nc(C)cs4)nnc3c2c1. The van der Waals surface area contributed by atoms with Crippen molar-refractivity contribution in [3.8, 4) is 5.75 Å². The summed E-state index contributed by atoms with van der Waals surface area (Å²) in [5, 5.41) is 14.9. The number of fused-ring (bicyclic) bond motifs is 3. The van der Waals surface area contributed by atoms with Crippen LogP contribution in [0.1, 0.15) is 5.69 Å². The zero-order chi connectivity index (χ0) is 18.1. The molecular weight excluding hydrogens is 372 g/mol. The van der Waals surface area contributed by atoms with Gasteiger partial charge in [0.1, 0.15) is 11.3 Å². The molecule has 3 aromatic heterocycles. The van der Waals surface area contributed by atoms with Crippen LogP contribution in [0.4, 0.5) is 5.13 Å². The summed E-state index contributed by atoms with van der Waals surface area (Å²) in [6.07, 6.45) is 0. The molecule has 0 atom stereocenters. The Morgan fingerprint density at radius 1 is 1.35 bits per heavy atom. The van der Waals surface area contributed by atoms with Crippen molar-refractivity contribution in [2.24, 2.45) is 0 Å². The van der Waals surface area contributed by atoms with Crippen molar-refractivity contribution in [1.82, 2.24) is 25.1 Å². The Kier molecular flexibility index (Phi) is 4.43. The van der Waals surface area contributed by atoms with Crippen molar-refractivity contribution < 1.29 is 9.53 Å². The van der Waals surface area contributed by atoms with E-state index in [0.29, 0.717) is 21.5 Å². The van der Waals surface area contributed by atoms with E-state index in [1.165, 1.54) is 23.1 Å². The topological polar surface area (TPSA) is 106 Å². The molecule has 0 spiro atoms. The Morgan fingerprint density at radius 2 is 2.23 bits per heavy atom. The number of hydrogen-bond donors (Lipinski definition) is 2. The molecule has 8 nitrogen and oxygen atoms in total. The molecule has 0 aliphatic carbocycles. The molecule has 132 valence electrons. The number of thioether (sulfide) groups is 1. The fourth-order valence-corrected chi connectivity index (χ4v) is 3.71. The summed E-state index contributed by atoms with van der Waals surface area (Å²) in [5.74, 6) is 0.766. The number of hydrogen-bond acceptors (Lipinski definition) is 8. The van der Waals surface area contributed by atoms with Crippen LogP contribution in [0.5, 0.6) is 5.75 Å². The van der Waals surface area contributed by atoms with E-state index >= 15 is 0 Å². The number of aromatic nitrogens is 5. The molecule has 1 amide bonds. The van der Waals surface area contributed by atoms with Gasteiger partial charge in [-0.3, -0.25) is 4.79 Å². The van der Waals surface area contributed by atoms with Gasteiger partial charge in [0.15, 0.2) is 10.8 Å². The Labute approximate surface area is 156 Å². The molecule has 0 unspecified atom stereocenters. The Bertz CT molecular complexity index is 1110. The highest BCUT2D eigenvalue weighted by molar-refractivity contribution is 7.99. The third-order valence-corrected chi connectivity index (χ3v) is 5.31. The smallest absolute Gasteiger partial charge is 0.236 e. The van der Waals surface area contributed by atoms with E-state index in [-0.39, 0.29) is 11.7 Å². The van der Waals surface area contributed by atoms with Crippen LogP contribution in [-0.4, -0.2) is 43.9 Å². The number of amides is 1. The van der Waals surface area contributed by atoms with Crippen LogP contribution < -0.4 is 10.1 Å². The monoisotopic (exact) mass is 386 g/mol. The predicted molar refractivity (Wildman–Crippen MR) is 102 cm³/mol. The largest absolute Gasteiger partial charge is 0.497 e. The maximum absolute atomic E-state index is 12.0. The van der Waals surface area contributed by atoms with Crippen molar-refractivity contribution in [3.05, 3.63) is 29.3 Å². The average molecular weight is 386 g/mol. The van der Waals surface area contributed by atoms with E-state index in [1.807, 2.05) is 30.5 Å². The Morgan fingerprint density at radius 3 is 3.00 bits per heavy atom. The van der Waals surface area contributed by atoms with Gasteiger partial charge >= 0.3 is 0 Å². The standard InChI is InChI=1S/C16H14N6O2S2/c1-8-6-25-15(17-8)19-12(23)7-26-16-20-14-13(21-22-16)10-5-9(24-2)3-4-11(10)18-14/h3-6H,7H2,1-2H3,(H,17,19,23)(H,18,20,22). The molecule has 3 heterocycles. The van der Waals surface area contributed by atoms with Gasteiger partial charge in [-0.15, -0.1) is 21.5 Å². The van der Waals surface area contributed by atoms with Gasteiger partial charge < -0.3 is 15.0 Å². The highest BCUT2D eigenvalue weighted by Crippen LogP contribution is 2.27. The zero-order valence-electron chi connectivity index (χ0n) is 13.9. The van der Waals surface area contributed by atoms with Gasteiger partial charge in [-0.05, 0) is 25.1 Å². The minimum absolute atomic E-state index is 0.158. The number of H-pyrrole nitrogens is 1. The Balaban J connectivity index is 1.50. The van der Waals surface area contributed by atoms with E-state index in [2.05, 4.69) is 30.5 Å². The lowest BCUT2D eigenvalue weighted by molar-refractivity contribution is -0.113. The molecule has 4 aromatic rings. The third kappa shape index (κ3) is 3.33. The van der Waals surface area contributed by atoms with Crippen molar-refractivity contribution in [2.45, 2.75) is 12.1 Å². The number of anilines is 1. The molecule has 0 fully saturated rings. The number of rotatable bonds is 5. The molecule has 0 radical (unpaired) electrons. The molecule has 0 aliphatic heterocycles. The molecule has 4 rings (SSSR count). The maximum atomic E-state index is 12.0. The van der Waals surface area contributed by atoms with Crippen LogP contribution in [0.25, 0.3) is 22.1 Å². The lowest BCUT2D eigenvalue weighted by Gasteiger charge is -2.00. The van der Waals surface area contributed by atoms with E-state index in [9.17, 15) is 4.79 Å². The number of carbonyl (C=O) groups is 1. The van der Waals surface area contributed by atoms with Crippen LogP contribution in [0, 0.1) is 6.92 Å². The number of ether oxygens (including phenoxy) is 1. The van der Waals surface area contributed by atoms with Crippen molar-refractivity contribution in [2.75, 3.05) is 18.2 Å². The van der Waals surface area contributed by atoms with Crippen molar-refractivity contribution in [3.63, 3.8) is 0 Å². The van der Waals surface area contributed by atoms with Gasteiger partial charge in [-0.1, -0.05) is 11.8 Å². The summed E-state index contributed by atoms with van der Waals surface area (Å²) >= 11 is 2.62. The normalized spacial score (nSPS) is 11.2. The first kappa shape index (κ1) is 16.7. The minimum Gasteiger partial charge on any atom is -0.497 e. The first-order chi connectivity index (χ1) is 12.6. The summed E-state index contributed by atoms with van der Waals surface area (Å²) in [6.45, 7) is 1.88. The fraction of sp³-hybridized carbons (Fsp3) is 0.188. The number of thiazole rings is 1. The van der Waals surface area contributed by atoms with Gasteiger partial charge in [-0.25, -0.2) is 9.97 Å². The summed E-state index contributed by atoms with van der Waals surface area (Å²) in [4.78, 5) is 23.9. The second-order valence-corrected chi connectivity index (χ2v) is 7.26. The average Bonchev–Trinajstić information content (AvgIpc) is 3.21. The zero-order valence-corrected chi connectivity index (χ0v) is 15.6. The van der Waals surface area contributed by atoms with E-state index in [1.54, 1.807) is 7.11 Å². The molecule has 1 aromatic carbocycles. The van der Waals surface area contributed by atoms with E-state index < -0.39 is 0 Å². The molecule has 10 heteroatoms. The van der Waals surface area contributed by atoms with Crippen LogP contribution in [0.3, 0.4) is 0 Å². The van der Waals surface area contributed by atoms with Gasteiger partial charge in [0.2, 0.25) is 11.1 Å². The van der Waals surface area contributed by atoms with E-state index in [4.69, 9.17) is 4.74 Å². The quantitative estimate of drug-likeness (QED) is 0.508. The second kappa shape index (κ2) is 6.89. The van der Waals surface area contributed by atoms with E-state index in [0.717, 1.165) is 22.3 Å². The number of aryl methyl sites for hydroxylation is 1. The number of aromatic amines is 1.